The zero-order chi connectivity index (χ0) is 14.8. The number of nitriles is 1. The molecular weight excluding hydrogens is 282 g/mol. The molecule has 0 bridgehead atoms. The molecule has 0 saturated carbocycles. The van der Waals surface area contributed by atoms with Crippen LogP contribution in [0.4, 0.5) is 10.7 Å². The molecule has 0 saturated heterocycles. The lowest BCUT2D eigenvalue weighted by atomic mass is 10.1. The van der Waals surface area contributed by atoms with E-state index in [1.807, 2.05) is 17.5 Å². The fraction of sp³-hybridized carbons (Fsp3) is 0.250. The second kappa shape index (κ2) is 5.58. The quantitative estimate of drug-likeness (QED) is 0.947. The van der Waals surface area contributed by atoms with Crippen molar-refractivity contribution in [3.05, 3.63) is 46.8 Å². The summed E-state index contributed by atoms with van der Waals surface area (Å²) in [6.07, 6.45) is 0.964. The van der Waals surface area contributed by atoms with E-state index >= 15 is 0 Å². The van der Waals surface area contributed by atoms with Gasteiger partial charge in [0.2, 0.25) is 5.91 Å². The van der Waals surface area contributed by atoms with Crippen molar-refractivity contribution in [2.45, 2.75) is 19.4 Å². The maximum atomic E-state index is 12.2. The Morgan fingerprint density at radius 2 is 2.29 bits per heavy atom. The van der Waals surface area contributed by atoms with Crippen molar-refractivity contribution in [3.8, 4) is 6.07 Å². The highest BCUT2D eigenvalue weighted by atomic mass is 32.1. The Labute approximate surface area is 127 Å². The highest BCUT2D eigenvalue weighted by Gasteiger charge is 2.27. The van der Waals surface area contributed by atoms with Gasteiger partial charge in [-0.1, -0.05) is 18.2 Å². The van der Waals surface area contributed by atoms with E-state index in [-0.39, 0.29) is 5.91 Å². The minimum absolute atomic E-state index is 0.0856. The SMILES string of the molecule is C[C@H]1Cc2ccccc2N1CC(=O)Nc1sccc1C#N. The molecular formula is C16H15N3OS. The van der Waals surface area contributed by atoms with Gasteiger partial charge in [-0.2, -0.15) is 5.26 Å². The predicted molar refractivity (Wildman–Crippen MR) is 84.6 cm³/mol. The lowest BCUT2D eigenvalue weighted by Gasteiger charge is -2.24. The minimum Gasteiger partial charge on any atom is -0.359 e. The monoisotopic (exact) mass is 297 g/mol. The van der Waals surface area contributed by atoms with E-state index in [0.29, 0.717) is 23.2 Å². The summed E-state index contributed by atoms with van der Waals surface area (Å²) in [7, 11) is 0. The number of nitrogens with one attached hydrogen (secondary N) is 1. The number of hydrogen-bond acceptors (Lipinski definition) is 4. The summed E-state index contributed by atoms with van der Waals surface area (Å²) in [6.45, 7) is 2.43. The van der Waals surface area contributed by atoms with Crippen molar-refractivity contribution < 1.29 is 4.79 Å². The van der Waals surface area contributed by atoms with E-state index in [2.05, 4.69) is 35.3 Å². The predicted octanol–water partition coefficient (Wildman–Crippen LogP) is 3.01. The third-order valence-electron chi connectivity index (χ3n) is 3.70. The largest absolute Gasteiger partial charge is 0.359 e. The van der Waals surface area contributed by atoms with Gasteiger partial charge in [-0.3, -0.25) is 4.79 Å². The number of rotatable bonds is 3. The maximum Gasteiger partial charge on any atom is 0.244 e. The summed E-state index contributed by atoms with van der Waals surface area (Å²) in [5.41, 5.74) is 2.93. The van der Waals surface area contributed by atoms with Crippen molar-refractivity contribution in [2.75, 3.05) is 16.8 Å². The Kier molecular flexibility index (Phi) is 3.63. The molecule has 1 aromatic carbocycles. The second-order valence-corrected chi connectivity index (χ2v) is 6.05. The van der Waals surface area contributed by atoms with Gasteiger partial charge < -0.3 is 10.2 Å². The highest BCUT2D eigenvalue weighted by molar-refractivity contribution is 7.14. The Morgan fingerprint density at radius 3 is 3.10 bits per heavy atom. The number of thiophene rings is 1. The highest BCUT2D eigenvalue weighted by Crippen LogP contribution is 2.31. The average molecular weight is 297 g/mol. The van der Waals surface area contributed by atoms with E-state index in [0.717, 1.165) is 12.1 Å². The molecule has 1 atom stereocenters. The van der Waals surface area contributed by atoms with E-state index in [4.69, 9.17) is 5.26 Å². The van der Waals surface area contributed by atoms with Gasteiger partial charge in [-0.15, -0.1) is 11.3 Å². The number of amides is 1. The summed E-state index contributed by atoms with van der Waals surface area (Å²) < 4.78 is 0. The van der Waals surface area contributed by atoms with Crippen LogP contribution in [-0.2, 0) is 11.2 Å². The zero-order valence-corrected chi connectivity index (χ0v) is 12.5. The molecule has 5 heteroatoms. The summed E-state index contributed by atoms with van der Waals surface area (Å²) >= 11 is 1.37. The molecule has 1 aromatic heterocycles. The Hall–Kier alpha value is -2.32. The van der Waals surface area contributed by atoms with Crippen molar-refractivity contribution in [3.63, 3.8) is 0 Å². The first kappa shape index (κ1) is 13.7. The Balaban J connectivity index is 1.72. The van der Waals surface area contributed by atoms with Gasteiger partial charge in [0.1, 0.15) is 11.1 Å². The zero-order valence-electron chi connectivity index (χ0n) is 11.7. The molecule has 1 aliphatic heterocycles. The third-order valence-corrected chi connectivity index (χ3v) is 4.53. The lowest BCUT2D eigenvalue weighted by Crippen LogP contribution is -2.37. The van der Waals surface area contributed by atoms with Gasteiger partial charge >= 0.3 is 0 Å². The number of hydrogen-bond donors (Lipinski definition) is 1. The second-order valence-electron chi connectivity index (χ2n) is 5.13. The van der Waals surface area contributed by atoms with Gasteiger partial charge in [0.05, 0.1) is 12.1 Å². The van der Waals surface area contributed by atoms with Crippen molar-refractivity contribution in [1.82, 2.24) is 0 Å². The molecule has 0 unspecified atom stereocenters. The van der Waals surface area contributed by atoms with Crippen LogP contribution >= 0.6 is 11.3 Å². The van der Waals surface area contributed by atoms with Gasteiger partial charge in [0.15, 0.2) is 0 Å². The molecule has 1 N–H and O–H groups in total. The van der Waals surface area contributed by atoms with Gasteiger partial charge in [-0.05, 0) is 36.4 Å². The molecule has 2 heterocycles. The fourth-order valence-electron chi connectivity index (χ4n) is 2.69. The van der Waals surface area contributed by atoms with Crippen LogP contribution in [0, 0.1) is 11.3 Å². The van der Waals surface area contributed by atoms with E-state index in [9.17, 15) is 4.79 Å². The van der Waals surface area contributed by atoms with Crippen molar-refractivity contribution >= 4 is 27.9 Å². The number of carbonyl (C=O) groups excluding carboxylic acids is 1. The van der Waals surface area contributed by atoms with E-state index in [1.54, 1.807) is 6.07 Å². The fourth-order valence-corrected chi connectivity index (χ4v) is 3.44. The molecule has 4 nitrogen and oxygen atoms in total. The smallest absolute Gasteiger partial charge is 0.244 e. The molecule has 21 heavy (non-hydrogen) atoms. The van der Waals surface area contributed by atoms with Crippen molar-refractivity contribution in [2.24, 2.45) is 0 Å². The normalized spacial score (nSPS) is 16.4. The number of nitrogens with zero attached hydrogens (tertiary/aromatic N) is 2. The molecule has 0 fully saturated rings. The standard InChI is InChI=1S/C16H15N3OS/c1-11-8-12-4-2-3-5-14(12)19(11)10-15(20)18-16-13(9-17)6-7-21-16/h2-7,11H,8,10H2,1H3,(H,18,20)/t11-/m0/s1. The summed E-state index contributed by atoms with van der Waals surface area (Å²) in [6, 6.07) is 12.3. The number of benzene rings is 1. The first-order chi connectivity index (χ1) is 10.2. The third kappa shape index (κ3) is 2.63. The maximum absolute atomic E-state index is 12.2. The van der Waals surface area contributed by atoms with Gasteiger partial charge in [0, 0.05) is 11.7 Å². The molecule has 0 aliphatic carbocycles. The number of anilines is 2. The van der Waals surface area contributed by atoms with Crippen LogP contribution in [0.25, 0.3) is 0 Å². The number of fused-ring (bicyclic) bond motifs is 1. The van der Waals surface area contributed by atoms with E-state index in [1.165, 1.54) is 16.9 Å². The minimum atomic E-state index is -0.0856. The number of carbonyl (C=O) groups is 1. The van der Waals surface area contributed by atoms with Crippen LogP contribution in [0.5, 0.6) is 0 Å². The van der Waals surface area contributed by atoms with Crippen LogP contribution in [0.15, 0.2) is 35.7 Å². The van der Waals surface area contributed by atoms with Crippen LogP contribution < -0.4 is 10.2 Å². The summed E-state index contributed by atoms with van der Waals surface area (Å²) in [5.74, 6) is -0.0856. The van der Waals surface area contributed by atoms with Crippen LogP contribution in [0.1, 0.15) is 18.1 Å². The van der Waals surface area contributed by atoms with Gasteiger partial charge in [-0.25, -0.2) is 0 Å². The molecule has 1 aliphatic rings. The molecule has 1 amide bonds. The van der Waals surface area contributed by atoms with Crippen LogP contribution in [0.2, 0.25) is 0 Å². The van der Waals surface area contributed by atoms with Crippen LogP contribution in [0.3, 0.4) is 0 Å². The summed E-state index contributed by atoms with van der Waals surface area (Å²) in [4.78, 5) is 14.3. The number of para-hydroxylation sites is 1. The molecule has 0 radical (unpaired) electrons. The Bertz CT molecular complexity index is 716. The van der Waals surface area contributed by atoms with Crippen LogP contribution in [-0.4, -0.2) is 18.5 Å². The topological polar surface area (TPSA) is 56.1 Å². The van der Waals surface area contributed by atoms with Crippen molar-refractivity contribution in [1.29, 1.82) is 5.26 Å². The molecule has 2 aromatic rings. The first-order valence-electron chi connectivity index (χ1n) is 6.81. The van der Waals surface area contributed by atoms with Gasteiger partial charge in [0.25, 0.3) is 0 Å². The molecule has 106 valence electrons. The Morgan fingerprint density at radius 1 is 1.48 bits per heavy atom. The van der Waals surface area contributed by atoms with E-state index < -0.39 is 0 Å². The average Bonchev–Trinajstić information content (AvgIpc) is 3.04. The molecule has 3 rings (SSSR count). The lowest BCUT2D eigenvalue weighted by molar-refractivity contribution is -0.115. The molecule has 0 spiro atoms. The first-order valence-corrected chi connectivity index (χ1v) is 7.69. The summed E-state index contributed by atoms with van der Waals surface area (Å²) in [5, 5.41) is 14.2.